The first-order chi connectivity index (χ1) is 19.0. The maximum Gasteiger partial charge on any atom is 0.409 e. The number of rotatable bonds is 9. The van der Waals surface area contributed by atoms with E-state index in [4.69, 9.17) is 31.5 Å². The Hall–Kier alpha value is -4.41. The molecule has 2 aromatic carbocycles. The third-order valence-electron chi connectivity index (χ3n) is 5.66. The summed E-state index contributed by atoms with van der Waals surface area (Å²) in [6.45, 7) is 1.83. The van der Waals surface area contributed by atoms with Crippen molar-refractivity contribution in [3.05, 3.63) is 51.7 Å². The van der Waals surface area contributed by atoms with Crippen LogP contribution >= 0.6 is 11.6 Å². The molecule has 40 heavy (non-hydrogen) atoms. The molecule has 212 valence electrons. The van der Waals surface area contributed by atoms with Crippen LogP contribution in [-0.2, 0) is 14.6 Å². The van der Waals surface area contributed by atoms with Gasteiger partial charge in [-0.3, -0.25) is 10.1 Å². The lowest BCUT2D eigenvalue weighted by molar-refractivity contribution is -0.384. The van der Waals surface area contributed by atoms with Crippen LogP contribution in [0.1, 0.15) is 0 Å². The molecule has 4 rings (SSSR count). The van der Waals surface area contributed by atoms with E-state index in [1.54, 1.807) is 6.07 Å². The van der Waals surface area contributed by atoms with Crippen LogP contribution in [0.15, 0.2) is 41.4 Å². The molecule has 15 nitrogen and oxygen atoms in total. The number of ether oxygens (including phenoxy) is 3. The number of primary amides is 1. The number of halogens is 1. The summed E-state index contributed by atoms with van der Waals surface area (Å²) in [7, 11) is -2.32. The van der Waals surface area contributed by atoms with E-state index in [0.717, 1.165) is 6.26 Å². The summed E-state index contributed by atoms with van der Waals surface area (Å²) in [5.41, 5.74) is 5.47. The molecular formula is C23H24ClN7O8S. The SMILES string of the molecule is COc1cc(N2CCOCC2)c([N+](=O)[O-])cc1Nc1ncc(Cl)c(Nc2cc(OC(N)=O)ccc2S(C)(=O)=O)n1. The normalized spacial score (nSPS) is 13.4. The number of nitrogens with one attached hydrogen (secondary N) is 2. The van der Waals surface area contributed by atoms with E-state index in [0.29, 0.717) is 32.0 Å². The van der Waals surface area contributed by atoms with E-state index in [9.17, 15) is 23.3 Å². The van der Waals surface area contributed by atoms with E-state index in [2.05, 4.69) is 20.6 Å². The number of anilines is 5. The summed E-state index contributed by atoms with van der Waals surface area (Å²) in [6.07, 6.45) is 1.15. The van der Waals surface area contributed by atoms with E-state index in [1.807, 2.05) is 4.90 Å². The van der Waals surface area contributed by atoms with Gasteiger partial charge in [-0.1, -0.05) is 11.6 Å². The van der Waals surface area contributed by atoms with Gasteiger partial charge >= 0.3 is 6.09 Å². The molecule has 1 amide bonds. The second-order valence-electron chi connectivity index (χ2n) is 8.39. The number of sulfone groups is 1. The van der Waals surface area contributed by atoms with Gasteiger partial charge in [0, 0.05) is 37.5 Å². The minimum atomic E-state index is -3.73. The summed E-state index contributed by atoms with van der Waals surface area (Å²) in [4.78, 5) is 32.7. The predicted octanol–water partition coefficient (Wildman–Crippen LogP) is 3.23. The van der Waals surface area contributed by atoms with Gasteiger partial charge < -0.3 is 35.5 Å². The van der Waals surface area contributed by atoms with Crippen molar-refractivity contribution < 1.29 is 32.3 Å². The van der Waals surface area contributed by atoms with Crippen molar-refractivity contribution in [3.63, 3.8) is 0 Å². The molecule has 3 aromatic rings. The lowest BCUT2D eigenvalue weighted by Gasteiger charge is -2.29. The van der Waals surface area contributed by atoms with Crippen molar-refractivity contribution in [1.29, 1.82) is 0 Å². The van der Waals surface area contributed by atoms with Crippen LogP contribution in [0.4, 0.5) is 39.3 Å². The van der Waals surface area contributed by atoms with Gasteiger partial charge in [-0.2, -0.15) is 4.98 Å². The number of amides is 1. The Kier molecular flexibility index (Phi) is 8.41. The lowest BCUT2D eigenvalue weighted by Crippen LogP contribution is -2.36. The lowest BCUT2D eigenvalue weighted by atomic mass is 10.2. The molecule has 1 aliphatic rings. The van der Waals surface area contributed by atoms with Crippen molar-refractivity contribution in [2.24, 2.45) is 5.73 Å². The first-order valence-electron chi connectivity index (χ1n) is 11.5. The van der Waals surface area contributed by atoms with Crippen molar-refractivity contribution >= 4 is 62.0 Å². The summed E-state index contributed by atoms with van der Waals surface area (Å²) in [5.74, 6) is 0.210. The number of carbonyl (C=O) groups is 1. The molecule has 0 atom stereocenters. The zero-order valence-electron chi connectivity index (χ0n) is 21.2. The quantitative estimate of drug-likeness (QED) is 0.241. The third-order valence-corrected chi connectivity index (χ3v) is 7.09. The average molecular weight is 594 g/mol. The Morgan fingerprint density at radius 2 is 1.93 bits per heavy atom. The molecule has 4 N–H and O–H groups in total. The highest BCUT2D eigenvalue weighted by molar-refractivity contribution is 7.90. The number of methoxy groups -OCH3 is 1. The second-order valence-corrected chi connectivity index (χ2v) is 10.8. The number of hydrogen-bond acceptors (Lipinski definition) is 13. The van der Waals surface area contributed by atoms with Gasteiger partial charge in [0.2, 0.25) is 5.95 Å². The Balaban J connectivity index is 1.70. The summed E-state index contributed by atoms with van der Waals surface area (Å²) in [6, 6.07) is 6.58. The monoisotopic (exact) mass is 593 g/mol. The van der Waals surface area contributed by atoms with Crippen LogP contribution in [0.25, 0.3) is 0 Å². The summed E-state index contributed by atoms with van der Waals surface area (Å²) in [5, 5.41) is 17.6. The average Bonchev–Trinajstić information content (AvgIpc) is 2.90. The molecule has 2 heterocycles. The number of nitro benzene ring substituents is 1. The minimum absolute atomic E-state index is 0.00381. The largest absolute Gasteiger partial charge is 0.494 e. The van der Waals surface area contributed by atoms with Crippen molar-refractivity contribution in [2.75, 3.05) is 55.2 Å². The van der Waals surface area contributed by atoms with Crippen LogP contribution in [-0.4, -0.2) is 69.1 Å². The Morgan fingerprint density at radius 3 is 2.55 bits per heavy atom. The highest BCUT2D eigenvalue weighted by Gasteiger charge is 2.25. The van der Waals surface area contributed by atoms with Gasteiger partial charge in [0.25, 0.3) is 5.69 Å². The van der Waals surface area contributed by atoms with Crippen molar-refractivity contribution in [3.8, 4) is 11.5 Å². The Bertz CT molecular complexity index is 1570. The predicted molar refractivity (Wildman–Crippen MR) is 146 cm³/mol. The standard InChI is InChI=1S/C23H24ClN7O8S/c1-37-19-11-17(30-5-7-38-8-6-30)18(31(33)34)10-15(19)28-23-26-12-14(24)21(29-23)27-16-9-13(39-22(25)32)3-4-20(16)40(2,35)36/h3-4,9-12H,5-8H2,1-2H3,(H2,25,32)(H2,26,27,28,29). The molecule has 0 radical (unpaired) electrons. The van der Waals surface area contributed by atoms with Crippen LogP contribution in [0, 0.1) is 10.1 Å². The molecule has 0 aliphatic carbocycles. The van der Waals surface area contributed by atoms with Crippen LogP contribution < -0.4 is 30.7 Å². The van der Waals surface area contributed by atoms with E-state index >= 15 is 0 Å². The van der Waals surface area contributed by atoms with Crippen molar-refractivity contribution in [1.82, 2.24) is 9.97 Å². The highest BCUT2D eigenvalue weighted by atomic mass is 35.5. The van der Waals surface area contributed by atoms with Gasteiger partial charge in [0.15, 0.2) is 15.7 Å². The topological polar surface area (TPSA) is 201 Å². The number of benzene rings is 2. The van der Waals surface area contributed by atoms with Crippen LogP contribution in [0.5, 0.6) is 11.5 Å². The van der Waals surface area contributed by atoms with Crippen LogP contribution in [0.2, 0.25) is 5.02 Å². The maximum absolute atomic E-state index is 12.3. The molecule has 0 spiro atoms. The molecule has 17 heteroatoms. The van der Waals surface area contributed by atoms with E-state index in [-0.39, 0.29) is 50.2 Å². The summed E-state index contributed by atoms with van der Waals surface area (Å²) >= 11 is 6.27. The van der Waals surface area contributed by atoms with Gasteiger partial charge in [-0.15, -0.1) is 0 Å². The maximum atomic E-state index is 12.3. The second kappa shape index (κ2) is 11.8. The Labute approximate surface area is 233 Å². The van der Waals surface area contributed by atoms with E-state index < -0.39 is 20.9 Å². The fourth-order valence-electron chi connectivity index (χ4n) is 3.90. The van der Waals surface area contributed by atoms with Gasteiger partial charge in [-0.25, -0.2) is 18.2 Å². The molecule has 0 bridgehead atoms. The number of aromatic nitrogens is 2. The fraction of sp³-hybridized carbons (Fsp3) is 0.261. The molecular weight excluding hydrogens is 570 g/mol. The molecule has 1 saturated heterocycles. The van der Waals surface area contributed by atoms with Gasteiger partial charge in [0.05, 0.1) is 47.7 Å². The van der Waals surface area contributed by atoms with Gasteiger partial charge in [-0.05, 0) is 12.1 Å². The zero-order valence-corrected chi connectivity index (χ0v) is 22.8. The Morgan fingerprint density at radius 1 is 1.20 bits per heavy atom. The number of nitrogens with zero attached hydrogens (tertiary/aromatic N) is 4. The number of hydrogen-bond donors (Lipinski definition) is 3. The molecule has 0 saturated carbocycles. The van der Waals surface area contributed by atoms with Crippen molar-refractivity contribution in [2.45, 2.75) is 4.90 Å². The smallest absolute Gasteiger partial charge is 0.409 e. The first-order valence-corrected chi connectivity index (χ1v) is 13.8. The highest BCUT2D eigenvalue weighted by Crippen LogP contribution is 2.40. The summed E-state index contributed by atoms with van der Waals surface area (Å²) < 4.78 is 40.3. The number of carbonyl (C=O) groups excluding carboxylic acids is 1. The number of nitro groups is 1. The molecule has 1 aromatic heterocycles. The van der Waals surface area contributed by atoms with Crippen LogP contribution in [0.3, 0.4) is 0 Å². The number of nitrogens with two attached hydrogens (primary N) is 1. The fourth-order valence-corrected chi connectivity index (χ4v) is 4.86. The zero-order chi connectivity index (χ0) is 29.0. The van der Waals surface area contributed by atoms with Gasteiger partial charge in [0.1, 0.15) is 22.2 Å². The number of morpholine rings is 1. The minimum Gasteiger partial charge on any atom is -0.494 e. The molecule has 1 fully saturated rings. The first kappa shape index (κ1) is 28.6. The molecule has 0 unspecified atom stereocenters. The van der Waals surface area contributed by atoms with E-state index in [1.165, 1.54) is 37.6 Å². The third kappa shape index (κ3) is 6.59. The molecule has 1 aliphatic heterocycles.